The first-order chi connectivity index (χ1) is 12.3. The van der Waals surface area contributed by atoms with Crippen molar-refractivity contribution in [2.75, 3.05) is 40.0 Å². The van der Waals surface area contributed by atoms with Gasteiger partial charge < -0.3 is 25.6 Å². The fraction of sp³-hybridized carbons (Fsp3) is 0.684. The Labute approximate surface area is 166 Å². The average Bonchev–Trinajstić information content (AvgIpc) is 2.88. The van der Waals surface area contributed by atoms with E-state index < -0.39 is 11.7 Å². The van der Waals surface area contributed by atoms with Crippen LogP contribution in [0, 0.1) is 5.92 Å². The third-order valence-electron chi connectivity index (χ3n) is 3.89. The summed E-state index contributed by atoms with van der Waals surface area (Å²) in [5.41, 5.74) is 6.03. The third kappa shape index (κ3) is 7.38. The molecular weight excluding hydrogens is 364 g/mol. The number of nitrogen functional groups attached to an aromatic ring is 1. The average molecular weight is 399 g/mol. The van der Waals surface area contributed by atoms with Crippen molar-refractivity contribution in [2.45, 2.75) is 46.3 Å². The van der Waals surface area contributed by atoms with E-state index in [1.165, 1.54) is 11.3 Å². The highest BCUT2D eigenvalue weighted by atomic mass is 32.1. The van der Waals surface area contributed by atoms with Crippen molar-refractivity contribution in [3.8, 4) is 0 Å². The lowest BCUT2D eigenvalue weighted by molar-refractivity contribution is 0.0490. The van der Waals surface area contributed by atoms with Crippen LogP contribution in [0.25, 0.3) is 0 Å². The van der Waals surface area contributed by atoms with Gasteiger partial charge in [0, 0.05) is 25.0 Å². The highest BCUT2D eigenvalue weighted by Crippen LogP contribution is 2.34. The van der Waals surface area contributed by atoms with Crippen LogP contribution in [0.2, 0.25) is 0 Å². The van der Waals surface area contributed by atoms with E-state index in [-0.39, 0.29) is 17.9 Å². The van der Waals surface area contributed by atoms with Crippen LogP contribution in [0.1, 0.15) is 55.9 Å². The lowest BCUT2D eigenvalue weighted by atomic mass is 10.0. The standard InChI is InChI=1S/C19H34N4O3S/c1-12(2)15(21-18(25)26-19(3,4)5)14-11-13(16(20)27-14)17(24)23(8)10-9-22(6)7/h11-12,15H,9-10,20H2,1-8H3,(H,21,25)/t15-/m0/s1. The maximum absolute atomic E-state index is 12.7. The molecule has 8 heteroatoms. The highest BCUT2D eigenvalue weighted by molar-refractivity contribution is 7.16. The zero-order valence-electron chi connectivity index (χ0n) is 17.8. The van der Waals surface area contributed by atoms with Gasteiger partial charge in [-0.25, -0.2) is 4.79 Å². The second-order valence-corrected chi connectivity index (χ2v) is 9.44. The molecule has 0 bridgehead atoms. The van der Waals surface area contributed by atoms with E-state index in [4.69, 9.17) is 10.5 Å². The molecule has 154 valence electrons. The van der Waals surface area contributed by atoms with Gasteiger partial charge in [-0.15, -0.1) is 11.3 Å². The van der Waals surface area contributed by atoms with E-state index in [1.54, 1.807) is 18.0 Å². The Morgan fingerprint density at radius 2 is 1.81 bits per heavy atom. The van der Waals surface area contributed by atoms with Crippen molar-refractivity contribution in [1.29, 1.82) is 0 Å². The van der Waals surface area contributed by atoms with Gasteiger partial charge in [0.05, 0.1) is 16.6 Å². The molecule has 0 saturated carbocycles. The number of rotatable bonds is 7. The number of carbonyl (C=O) groups is 2. The molecule has 0 unspecified atom stereocenters. The number of anilines is 1. The fourth-order valence-electron chi connectivity index (χ4n) is 2.40. The molecule has 3 N–H and O–H groups in total. The summed E-state index contributed by atoms with van der Waals surface area (Å²) in [5.74, 6) is 0.00150. The zero-order valence-corrected chi connectivity index (χ0v) is 18.6. The minimum atomic E-state index is -0.573. The largest absolute Gasteiger partial charge is 0.444 e. The number of nitrogens with one attached hydrogen (secondary N) is 1. The molecule has 0 saturated heterocycles. The summed E-state index contributed by atoms with van der Waals surface area (Å²) in [6.45, 7) is 10.8. The minimum Gasteiger partial charge on any atom is -0.444 e. The SMILES string of the molecule is CC(C)[C@H](NC(=O)OC(C)(C)C)c1cc(C(=O)N(C)CCN(C)C)c(N)s1. The van der Waals surface area contributed by atoms with Crippen molar-refractivity contribution in [3.63, 3.8) is 0 Å². The van der Waals surface area contributed by atoms with Gasteiger partial charge in [-0.3, -0.25) is 4.79 Å². The number of hydrogen-bond acceptors (Lipinski definition) is 6. The fourth-order valence-corrected chi connectivity index (χ4v) is 3.55. The van der Waals surface area contributed by atoms with Crippen molar-refractivity contribution in [1.82, 2.24) is 15.1 Å². The van der Waals surface area contributed by atoms with E-state index in [0.29, 0.717) is 17.1 Å². The summed E-state index contributed by atoms with van der Waals surface area (Å²) in [6, 6.07) is 1.51. The van der Waals surface area contributed by atoms with Crippen molar-refractivity contribution >= 4 is 28.3 Å². The van der Waals surface area contributed by atoms with Crippen LogP contribution >= 0.6 is 11.3 Å². The van der Waals surface area contributed by atoms with Gasteiger partial charge in [-0.1, -0.05) is 13.8 Å². The number of carbonyl (C=O) groups excluding carboxylic acids is 2. The summed E-state index contributed by atoms with van der Waals surface area (Å²) in [7, 11) is 5.69. The van der Waals surface area contributed by atoms with Gasteiger partial charge >= 0.3 is 6.09 Å². The Morgan fingerprint density at radius 3 is 2.30 bits per heavy atom. The summed E-state index contributed by atoms with van der Waals surface area (Å²) in [5, 5.41) is 3.36. The molecular formula is C19H34N4O3S. The first-order valence-electron chi connectivity index (χ1n) is 9.10. The van der Waals surface area contributed by atoms with Crippen LogP contribution in [0.15, 0.2) is 6.07 Å². The smallest absolute Gasteiger partial charge is 0.408 e. The Balaban J connectivity index is 2.96. The van der Waals surface area contributed by atoms with Gasteiger partial charge in [-0.2, -0.15) is 0 Å². The van der Waals surface area contributed by atoms with E-state index in [1.807, 2.05) is 53.6 Å². The Morgan fingerprint density at radius 1 is 1.22 bits per heavy atom. The van der Waals surface area contributed by atoms with Gasteiger partial charge in [0.2, 0.25) is 0 Å². The van der Waals surface area contributed by atoms with Crippen molar-refractivity contribution in [3.05, 3.63) is 16.5 Å². The molecule has 0 aromatic carbocycles. The molecule has 7 nitrogen and oxygen atoms in total. The van der Waals surface area contributed by atoms with Gasteiger partial charge in [0.15, 0.2) is 0 Å². The lowest BCUT2D eigenvalue weighted by Gasteiger charge is -2.25. The number of ether oxygens (including phenoxy) is 1. The van der Waals surface area contributed by atoms with Crippen LogP contribution < -0.4 is 11.1 Å². The van der Waals surface area contributed by atoms with Crippen LogP contribution in [0.3, 0.4) is 0 Å². The van der Waals surface area contributed by atoms with Crippen molar-refractivity contribution < 1.29 is 14.3 Å². The molecule has 27 heavy (non-hydrogen) atoms. The number of alkyl carbamates (subject to hydrolysis) is 1. The van der Waals surface area contributed by atoms with Crippen LogP contribution in [-0.2, 0) is 4.74 Å². The van der Waals surface area contributed by atoms with E-state index in [9.17, 15) is 9.59 Å². The molecule has 0 aliphatic rings. The third-order valence-corrected chi connectivity index (χ3v) is 4.93. The number of nitrogens with two attached hydrogens (primary N) is 1. The molecule has 1 aromatic rings. The second kappa shape index (κ2) is 9.41. The number of likely N-dealkylation sites (N-methyl/N-ethyl adjacent to an activating group) is 2. The molecule has 0 fully saturated rings. The first-order valence-corrected chi connectivity index (χ1v) is 9.92. The summed E-state index contributed by atoms with van der Waals surface area (Å²) < 4.78 is 5.36. The summed E-state index contributed by atoms with van der Waals surface area (Å²) in [6.07, 6.45) is -0.482. The van der Waals surface area contributed by atoms with E-state index in [0.717, 1.165) is 11.4 Å². The monoisotopic (exact) mass is 398 g/mol. The van der Waals surface area contributed by atoms with E-state index in [2.05, 4.69) is 5.32 Å². The van der Waals surface area contributed by atoms with Gasteiger partial charge in [0.1, 0.15) is 5.60 Å². The van der Waals surface area contributed by atoms with Gasteiger partial charge in [-0.05, 0) is 46.9 Å². The highest BCUT2D eigenvalue weighted by Gasteiger charge is 2.27. The molecule has 0 aliphatic heterocycles. The number of nitrogens with zero attached hydrogens (tertiary/aromatic N) is 2. The number of amides is 2. The maximum Gasteiger partial charge on any atom is 0.408 e. The molecule has 0 spiro atoms. The zero-order chi connectivity index (χ0) is 20.9. The molecule has 1 aromatic heterocycles. The molecule has 0 aliphatic carbocycles. The Bertz CT molecular complexity index is 650. The Kier molecular flexibility index (Phi) is 8.10. The number of hydrogen-bond donors (Lipinski definition) is 2. The maximum atomic E-state index is 12.7. The molecule has 0 radical (unpaired) electrons. The molecule has 1 atom stereocenters. The summed E-state index contributed by atoms with van der Waals surface area (Å²) in [4.78, 5) is 29.4. The number of thiophene rings is 1. The molecule has 1 heterocycles. The predicted molar refractivity (Wildman–Crippen MR) is 111 cm³/mol. The predicted octanol–water partition coefficient (Wildman–Crippen LogP) is 3.19. The Hall–Kier alpha value is -1.80. The van der Waals surface area contributed by atoms with Crippen LogP contribution in [-0.4, -0.2) is 61.6 Å². The van der Waals surface area contributed by atoms with E-state index >= 15 is 0 Å². The normalized spacial score (nSPS) is 13.0. The second-order valence-electron chi connectivity index (χ2n) is 8.32. The quantitative estimate of drug-likeness (QED) is 0.736. The van der Waals surface area contributed by atoms with Crippen LogP contribution in [0.5, 0.6) is 0 Å². The van der Waals surface area contributed by atoms with Crippen LogP contribution in [0.4, 0.5) is 9.80 Å². The summed E-state index contributed by atoms with van der Waals surface area (Å²) >= 11 is 1.33. The van der Waals surface area contributed by atoms with Crippen molar-refractivity contribution in [2.24, 2.45) is 5.92 Å². The molecule has 2 amide bonds. The van der Waals surface area contributed by atoms with Gasteiger partial charge in [0.25, 0.3) is 5.91 Å². The topological polar surface area (TPSA) is 87.9 Å². The minimum absolute atomic E-state index is 0.114. The molecule has 1 rings (SSSR count). The first kappa shape index (κ1) is 23.2. The lowest BCUT2D eigenvalue weighted by Crippen LogP contribution is -2.36.